The topological polar surface area (TPSA) is 93.7 Å². The van der Waals surface area contributed by atoms with Crippen LogP contribution in [0, 0.1) is 10.1 Å². The number of benzene rings is 1. The van der Waals surface area contributed by atoms with Gasteiger partial charge in [-0.1, -0.05) is 26.2 Å². The first-order valence-corrected chi connectivity index (χ1v) is 11.0. The van der Waals surface area contributed by atoms with Crippen molar-refractivity contribution in [3.05, 3.63) is 52.6 Å². The van der Waals surface area contributed by atoms with E-state index in [4.69, 9.17) is 4.74 Å². The normalized spacial score (nSPS) is 14.5. The standard InChI is InChI=1S/C22H31N5O4/c1-2-3-4-5-9-25(12-11-24-13-15-31-16-14-24)22(28)19-6-7-20(21(17-19)27(29)30)26-10-8-23-18-26/h6-8,10,17-18H,2-5,9,11-16H2,1H3. The molecule has 9 heteroatoms. The number of amides is 1. The molecular formula is C22H31N5O4. The molecule has 31 heavy (non-hydrogen) atoms. The van der Waals surface area contributed by atoms with Gasteiger partial charge in [-0.25, -0.2) is 4.98 Å². The van der Waals surface area contributed by atoms with Gasteiger partial charge in [-0.15, -0.1) is 0 Å². The molecule has 0 radical (unpaired) electrons. The number of morpholine rings is 1. The average molecular weight is 430 g/mol. The molecule has 3 rings (SSSR count). The van der Waals surface area contributed by atoms with Gasteiger partial charge in [0.1, 0.15) is 5.69 Å². The van der Waals surface area contributed by atoms with E-state index in [2.05, 4.69) is 16.8 Å². The van der Waals surface area contributed by atoms with Crippen LogP contribution in [0.1, 0.15) is 43.0 Å². The van der Waals surface area contributed by atoms with Crippen LogP contribution in [0.25, 0.3) is 5.69 Å². The number of hydrogen-bond acceptors (Lipinski definition) is 6. The third-order valence-corrected chi connectivity index (χ3v) is 5.56. The fraction of sp³-hybridized carbons (Fsp3) is 0.545. The van der Waals surface area contributed by atoms with E-state index in [1.807, 2.05) is 4.90 Å². The van der Waals surface area contributed by atoms with Crippen molar-refractivity contribution in [2.45, 2.75) is 32.6 Å². The van der Waals surface area contributed by atoms with E-state index in [0.717, 1.165) is 45.3 Å². The van der Waals surface area contributed by atoms with Gasteiger partial charge in [0, 0.05) is 56.7 Å². The molecule has 0 saturated carbocycles. The molecule has 2 heterocycles. The molecular weight excluding hydrogens is 398 g/mol. The molecule has 168 valence electrons. The Morgan fingerprint density at radius 2 is 2.03 bits per heavy atom. The number of imidazole rings is 1. The highest BCUT2D eigenvalue weighted by Gasteiger charge is 2.22. The fourth-order valence-electron chi connectivity index (χ4n) is 3.74. The summed E-state index contributed by atoms with van der Waals surface area (Å²) in [6.07, 6.45) is 8.97. The number of ether oxygens (including phenoxy) is 1. The number of hydrogen-bond donors (Lipinski definition) is 0. The minimum atomic E-state index is -0.453. The van der Waals surface area contributed by atoms with E-state index in [-0.39, 0.29) is 11.6 Å². The molecule has 1 saturated heterocycles. The molecule has 2 aromatic rings. The van der Waals surface area contributed by atoms with Gasteiger partial charge >= 0.3 is 0 Å². The van der Waals surface area contributed by atoms with Crippen LogP contribution in [0.5, 0.6) is 0 Å². The lowest BCUT2D eigenvalue weighted by Gasteiger charge is -2.30. The van der Waals surface area contributed by atoms with E-state index in [1.165, 1.54) is 12.4 Å². The molecule has 0 atom stereocenters. The summed E-state index contributed by atoms with van der Waals surface area (Å²) in [5.41, 5.74) is 0.623. The molecule has 1 aliphatic rings. The SMILES string of the molecule is CCCCCCN(CCN1CCOCC1)C(=O)c1ccc(-n2ccnc2)c([N+](=O)[O-])c1. The van der Waals surface area contributed by atoms with Gasteiger partial charge in [-0.2, -0.15) is 0 Å². The fourth-order valence-corrected chi connectivity index (χ4v) is 3.74. The number of nitro benzene ring substituents is 1. The molecule has 1 fully saturated rings. The summed E-state index contributed by atoms with van der Waals surface area (Å²) in [7, 11) is 0. The molecule has 1 aromatic carbocycles. The van der Waals surface area contributed by atoms with Crippen molar-refractivity contribution in [3.8, 4) is 5.69 Å². The monoisotopic (exact) mass is 429 g/mol. The van der Waals surface area contributed by atoms with Crippen LogP contribution in [-0.4, -0.2) is 76.1 Å². The summed E-state index contributed by atoms with van der Waals surface area (Å²) in [4.78, 5) is 32.6. The van der Waals surface area contributed by atoms with E-state index >= 15 is 0 Å². The number of nitrogens with zero attached hydrogens (tertiary/aromatic N) is 5. The highest BCUT2D eigenvalue weighted by molar-refractivity contribution is 5.95. The summed E-state index contributed by atoms with van der Waals surface area (Å²) in [5.74, 6) is -0.162. The summed E-state index contributed by atoms with van der Waals surface area (Å²) >= 11 is 0. The Morgan fingerprint density at radius 3 is 2.71 bits per heavy atom. The first kappa shape index (κ1) is 22.9. The summed E-state index contributed by atoms with van der Waals surface area (Å²) in [6, 6.07) is 4.66. The number of nitro groups is 1. The highest BCUT2D eigenvalue weighted by Crippen LogP contribution is 2.25. The van der Waals surface area contributed by atoms with E-state index < -0.39 is 4.92 Å². The van der Waals surface area contributed by atoms with Crippen molar-refractivity contribution in [2.75, 3.05) is 45.9 Å². The summed E-state index contributed by atoms with van der Waals surface area (Å²) in [5, 5.41) is 11.7. The van der Waals surface area contributed by atoms with E-state index in [1.54, 1.807) is 29.1 Å². The van der Waals surface area contributed by atoms with Gasteiger partial charge in [-0.3, -0.25) is 19.8 Å². The maximum absolute atomic E-state index is 13.3. The number of aromatic nitrogens is 2. The molecule has 0 spiro atoms. The Balaban J connectivity index is 1.76. The van der Waals surface area contributed by atoms with Gasteiger partial charge in [0.05, 0.1) is 24.5 Å². The maximum Gasteiger partial charge on any atom is 0.294 e. The van der Waals surface area contributed by atoms with Gasteiger partial charge in [0.2, 0.25) is 0 Å². The Bertz CT molecular complexity index is 850. The first-order valence-electron chi connectivity index (χ1n) is 11.0. The van der Waals surface area contributed by atoms with Crippen LogP contribution in [0.4, 0.5) is 5.69 Å². The van der Waals surface area contributed by atoms with Crippen LogP contribution in [-0.2, 0) is 4.74 Å². The largest absolute Gasteiger partial charge is 0.379 e. The van der Waals surface area contributed by atoms with Crippen LogP contribution in [0.2, 0.25) is 0 Å². The van der Waals surface area contributed by atoms with E-state index in [0.29, 0.717) is 37.6 Å². The lowest BCUT2D eigenvalue weighted by Crippen LogP contribution is -2.43. The summed E-state index contributed by atoms with van der Waals surface area (Å²) in [6.45, 7) is 7.34. The second kappa shape index (κ2) is 11.6. The van der Waals surface area contributed by atoms with Crippen LogP contribution in [0.15, 0.2) is 36.9 Å². The lowest BCUT2D eigenvalue weighted by molar-refractivity contribution is -0.384. The number of rotatable bonds is 11. The van der Waals surface area contributed by atoms with Gasteiger partial charge < -0.3 is 14.2 Å². The molecule has 0 N–H and O–H groups in total. The van der Waals surface area contributed by atoms with Crippen molar-refractivity contribution in [1.82, 2.24) is 19.4 Å². The zero-order valence-corrected chi connectivity index (χ0v) is 18.1. The second-order valence-electron chi connectivity index (χ2n) is 7.74. The molecule has 1 aromatic heterocycles. The van der Waals surface area contributed by atoms with Crippen LogP contribution in [0.3, 0.4) is 0 Å². The minimum absolute atomic E-state index is 0.108. The predicted octanol–water partition coefficient (Wildman–Crippen LogP) is 3.14. The van der Waals surface area contributed by atoms with Crippen molar-refractivity contribution in [1.29, 1.82) is 0 Å². The van der Waals surface area contributed by atoms with Crippen LogP contribution < -0.4 is 0 Å². The van der Waals surface area contributed by atoms with Gasteiger partial charge in [0.25, 0.3) is 11.6 Å². The number of carbonyl (C=O) groups excluding carboxylic acids is 1. The first-order chi connectivity index (χ1) is 15.1. The smallest absolute Gasteiger partial charge is 0.294 e. The Morgan fingerprint density at radius 1 is 1.23 bits per heavy atom. The molecule has 9 nitrogen and oxygen atoms in total. The van der Waals surface area contributed by atoms with Crippen molar-refractivity contribution >= 4 is 11.6 Å². The second-order valence-corrected chi connectivity index (χ2v) is 7.74. The van der Waals surface area contributed by atoms with Crippen LogP contribution >= 0.6 is 0 Å². The Kier molecular flexibility index (Phi) is 8.54. The quantitative estimate of drug-likeness (QED) is 0.309. The summed E-state index contributed by atoms with van der Waals surface area (Å²) < 4.78 is 6.98. The molecule has 1 amide bonds. The molecule has 0 aliphatic carbocycles. The number of unbranched alkanes of at least 4 members (excludes halogenated alkanes) is 3. The molecule has 0 unspecified atom stereocenters. The zero-order chi connectivity index (χ0) is 22.1. The third-order valence-electron chi connectivity index (χ3n) is 5.56. The minimum Gasteiger partial charge on any atom is -0.379 e. The average Bonchev–Trinajstić information content (AvgIpc) is 3.33. The Hall–Kier alpha value is -2.78. The van der Waals surface area contributed by atoms with Crippen molar-refractivity contribution in [3.63, 3.8) is 0 Å². The Labute approximate surface area is 182 Å². The molecule has 0 bridgehead atoms. The third kappa shape index (κ3) is 6.35. The molecule has 1 aliphatic heterocycles. The van der Waals surface area contributed by atoms with Crippen molar-refractivity contribution < 1.29 is 14.5 Å². The lowest BCUT2D eigenvalue weighted by atomic mass is 10.1. The predicted molar refractivity (Wildman–Crippen MR) is 118 cm³/mol. The van der Waals surface area contributed by atoms with Crippen molar-refractivity contribution in [2.24, 2.45) is 0 Å². The van der Waals surface area contributed by atoms with Gasteiger partial charge in [0.15, 0.2) is 0 Å². The van der Waals surface area contributed by atoms with Gasteiger partial charge in [-0.05, 0) is 18.6 Å². The highest BCUT2D eigenvalue weighted by atomic mass is 16.6. The van der Waals surface area contributed by atoms with E-state index in [9.17, 15) is 14.9 Å². The zero-order valence-electron chi connectivity index (χ0n) is 18.1. The maximum atomic E-state index is 13.3. The number of carbonyl (C=O) groups is 1.